The summed E-state index contributed by atoms with van der Waals surface area (Å²) < 4.78 is 45.3. The van der Waals surface area contributed by atoms with Crippen molar-refractivity contribution in [2.24, 2.45) is 0 Å². The predicted molar refractivity (Wildman–Crippen MR) is 158 cm³/mol. The zero-order valence-electron chi connectivity index (χ0n) is 22.8. The van der Waals surface area contributed by atoms with Gasteiger partial charge < -0.3 is 14.6 Å². The van der Waals surface area contributed by atoms with E-state index in [2.05, 4.69) is 25.9 Å². The first kappa shape index (κ1) is 27.5. The number of hydroxylamine groups is 1. The predicted octanol–water partition coefficient (Wildman–Crippen LogP) is 5.41. The summed E-state index contributed by atoms with van der Waals surface area (Å²) in [4.78, 5) is 13.9. The minimum atomic E-state index is -3.29. The van der Waals surface area contributed by atoms with Crippen molar-refractivity contribution in [2.45, 2.75) is 12.6 Å². The number of benzene rings is 3. The molecular formula is C30H27FN6O4S. The lowest BCUT2D eigenvalue weighted by Crippen LogP contribution is -2.26. The molecule has 3 heterocycles. The van der Waals surface area contributed by atoms with Crippen LogP contribution in [0.5, 0.6) is 0 Å². The number of hydrogen-bond acceptors (Lipinski definition) is 9. The molecule has 0 aliphatic heterocycles. The van der Waals surface area contributed by atoms with Crippen molar-refractivity contribution in [2.75, 3.05) is 24.4 Å². The number of anilines is 2. The second-order valence-corrected chi connectivity index (χ2v) is 12.1. The molecule has 3 aromatic heterocycles. The number of nitrogens with one attached hydrogen (secondary N) is 2. The number of furan rings is 1. The van der Waals surface area contributed by atoms with Crippen LogP contribution in [0.3, 0.4) is 0 Å². The molecule has 6 aromatic rings. The van der Waals surface area contributed by atoms with E-state index in [0.29, 0.717) is 23.9 Å². The molecule has 0 bridgehead atoms. The minimum Gasteiger partial charge on any atom is -0.459 e. The van der Waals surface area contributed by atoms with Gasteiger partial charge >= 0.3 is 0 Å². The van der Waals surface area contributed by atoms with Crippen molar-refractivity contribution in [3.63, 3.8) is 0 Å². The number of rotatable bonds is 10. The fraction of sp³-hybridized carbons (Fsp3) is 0.167. The highest BCUT2D eigenvalue weighted by molar-refractivity contribution is 7.90. The zero-order chi connectivity index (χ0) is 29.3. The SMILES string of the molecule is CON[C@H](CS(C)(=O)=O)c1ccc(-c2ccc3ncnc(Nc4ccc5c(cnn5Cc5cccc(F)c5)c4)c3c2)o1. The van der Waals surface area contributed by atoms with Gasteiger partial charge in [0.15, 0.2) is 0 Å². The lowest BCUT2D eigenvalue weighted by molar-refractivity contribution is 0.0606. The summed E-state index contributed by atoms with van der Waals surface area (Å²) in [6, 6.07) is 20.9. The van der Waals surface area contributed by atoms with Gasteiger partial charge in [0.1, 0.15) is 45.4 Å². The zero-order valence-corrected chi connectivity index (χ0v) is 23.6. The summed E-state index contributed by atoms with van der Waals surface area (Å²) in [5, 5.41) is 9.58. The van der Waals surface area contributed by atoms with E-state index in [1.54, 1.807) is 24.4 Å². The van der Waals surface area contributed by atoms with Crippen LogP contribution in [0.25, 0.3) is 33.1 Å². The summed E-state index contributed by atoms with van der Waals surface area (Å²) >= 11 is 0. The van der Waals surface area contributed by atoms with Crippen LogP contribution < -0.4 is 10.8 Å². The van der Waals surface area contributed by atoms with Gasteiger partial charge in [0.25, 0.3) is 0 Å². The second kappa shape index (κ2) is 11.3. The number of halogens is 1. The Morgan fingerprint density at radius 2 is 1.93 bits per heavy atom. The Balaban J connectivity index is 1.27. The quantitative estimate of drug-likeness (QED) is 0.203. The smallest absolute Gasteiger partial charge is 0.149 e. The third kappa shape index (κ3) is 6.00. The van der Waals surface area contributed by atoms with Gasteiger partial charge in [0.05, 0.1) is 36.6 Å². The number of aromatic nitrogens is 4. The van der Waals surface area contributed by atoms with E-state index in [4.69, 9.17) is 9.25 Å². The average Bonchev–Trinajstić information content (AvgIpc) is 3.60. The van der Waals surface area contributed by atoms with Gasteiger partial charge in [-0.1, -0.05) is 12.1 Å². The third-order valence-electron chi connectivity index (χ3n) is 6.75. The van der Waals surface area contributed by atoms with Crippen molar-refractivity contribution in [1.82, 2.24) is 25.2 Å². The molecule has 0 amide bonds. The fourth-order valence-electron chi connectivity index (χ4n) is 4.86. The summed E-state index contributed by atoms with van der Waals surface area (Å²) in [5.41, 5.74) is 6.77. The van der Waals surface area contributed by atoms with Crippen LogP contribution in [-0.2, 0) is 21.2 Å². The van der Waals surface area contributed by atoms with Gasteiger partial charge in [-0.15, -0.1) is 0 Å². The molecule has 2 N–H and O–H groups in total. The second-order valence-electron chi connectivity index (χ2n) is 9.95. The fourth-order valence-corrected chi connectivity index (χ4v) is 5.70. The molecular weight excluding hydrogens is 559 g/mol. The molecule has 42 heavy (non-hydrogen) atoms. The van der Waals surface area contributed by atoms with Crippen LogP contribution in [0.1, 0.15) is 17.4 Å². The summed E-state index contributed by atoms with van der Waals surface area (Å²) in [6.45, 7) is 0.457. The monoisotopic (exact) mass is 586 g/mol. The highest BCUT2D eigenvalue weighted by Gasteiger charge is 2.21. The molecule has 214 valence electrons. The molecule has 3 aromatic carbocycles. The number of sulfone groups is 1. The first-order valence-corrected chi connectivity index (χ1v) is 15.1. The van der Waals surface area contributed by atoms with Crippen LogP contribution in [0.2, 0.25) is 0 Å². The lowest BCUT2D eigenvalue weighted by atomic mass is 10.1. The Kier molecular flexibility index (Phi) is 7.42. The molecule has 10 nitrogen and oxygen atoms in total. The Hall–Kier alpha value is -4.65. The average molecular weight is 587 g/mol. The van der Waals surface area contributed by atoms with Gasteiger partial charge in [-0.2, -0.15) is 10.6 Å². The Labute approximate surface area is 241 Å². The van der Waals surface area contributed by atoms with Crippen LogP contribution >= 0.6 is 0 Å². The highest BCUT2D eigenvalue weighted by Crippen LogP contribution is 2.32. The van der Waals surface area contributed by atoms with E-state index in [0.717, 1.165) is 44.9 Å². The molecule has 0 radical (unpaired) electrons. The number of nitrogens with zero attached hydrogens (tertiary/aromatic N) is 4. The van der Waals surface area contributed by atoms with Crippen LogP contribution in [0.15, 0.2) is 89.7 Å². The summed E-state index contributed by atoms with van der Waals surface area (Å²) in [6.07, 6.45) is 4.44. The molecule has 0 saturated heterocycles. The van der Waals surface area contributed by atoms with Crippen molar-refractivity contribution >= 4 is 43.1 Å². The van der Waals surface area contributed by atoms with Crippen molar-refractivity contribution in [3.05, 3.63) is 102 Å². The van der Waals surface area contributed by atoms with Crippen LogP contribution in [0.4, 0.5) is 15.9 Å². The molecule has 0 aliphatic rings. The molecule has 0 saturated carbocycles. The van der Waals surface area contributed by atoms with Crippen molar-refractivity contribution < 1.29 is 22.1 Å². The molecule has 6 rings (SSSR count). The molecule has 12 heteroatoms. The van der Waals surface area contributed by atoms with E-state index in [-0.39, 0.29) is 11.6 Å². The number of hydrogen-bond donors (Lipinski definition) is 2. The standard InChI is InChI=1S/C30H27FN6O4S/c1-40-36-26(17-42(2,38)39)29-11-10-28(41-29)20-6-8-25-24(14-20)30(33-18-32-25)35-23-7-9-27-21(13-23)15-34-37(27)16-19-4-3-5-22(31)12-19/h3-15,18,26,36H,16-17H2,1-2H3,(H,32,33,35)/t26-/m1/s1. The van der Waals surface area contributed by atoms with E-state index in [1.807, 2.05) is 47.1 Å². The Morgan fingerprint density at radius 3 is 2.74 bits per heavy atom. The first-order valence-electron chi connectivity index (χ1n) is 13.0. The van der Waals surface area contributed by atoms with E-state index in [9.17, 15) is 12.8 Å². The van der Waals surface area contributed by atoms with Gasteiger partial charge in [-0.05, 0) is 66.2 Å². The third-order valence-corrected chi connectivity index (χ3v) is 7.68. The normalized spacial score (nSPS) is 12.6. The lowest BCUT2D eigenvalue weighted by Gasteiger charge is -2.13. The Bertz CT molecular complexity index is 2010. The van der Waals surface area contributed by atoms with Gasteiger partial charge in [-0.25, -0.2) is 22.8 Å². The number of fused-ring (bicyclic) bond motifs is 2. The van der Waals surface area contributed by atoms with Crippen molar-refractivity contribution in [3.8, 4) is 11.3 Å². The molecule has 0 spiro atoms. The van der Waals surface area contributed by atoms with Gasteiger partial charge in [0, 0.05) is 28.3 Å². The molecule has 1 atom stereocenters. The van der Waals surface area contributed by atoms with Crippen LogP contribution in [-0.4, -0.2) is 47.3 Å². The van der Waals surface area contributed by atoms with Gasteiger partial charge in [-0.3, -0.25) is 4.68 Å². The minimum absolute atomic E-state index is 0.179. The maximum atomic E-state index is 13.6. The summed E-state index contributed by atoms with van der Waals surface area (Å²) in [5.74, 6) is 1.15. The van der Waals surface area contributed by atoms with Crippen molar-refractivity contribution in [1.29, 1.82) is 0 Å². The largest absolute Gasteiger partial charge is 0.459 e. The van der Waals surface area contributed by atoms with Gasteiger partial charge in [0.2, 0.25) is 0 Å². The molecule has 0 unspecified atom stereocenters. The first-order chi connectivity index (χ1) is 20.3. The highest BCUT2D eigenvalue weighted by atomic mass is 32.2. The Morgan fingerprint density at radius 1 is 1.05 bits per heavy atom. The summed E-state index contributed by atoms with van der Waals surface area (Å²) in [7, 11) is -1.86. The molecule has 0 fully saturated rings. The van der Waals surface area contributed by atoms with E-state index in [1.165, 1.54) is 25.6 Å². The van der Waals surface area contributed by atoms with E-state index < -0.39 is 15.9 Å². The topological polar surface area (TPSA) is 124 Å². The van der Waals surface area contributed by atoms with Crippen LogP contribution in [0, 0.1) is 5.82 Å². The maximum Gasteiger partial charge on any atom is 0.149 e. The molecule has 0 aliphatic carbocycles. The van der Waals surface area contributed by atoms with E-state index >= 15 is 0 Å². The maximum absolute atomic E-state index is 13.6.